The highest BCUT2D eigenvalue weighted by Gasteiger charge is 2.19. The van der Waals surface area contributed by atoms with E-state index in [1.54, 1.807) is 55.6 Å². The number of fused-ring (bicyclic) bond motifs is 1. The van der Waals surface area contributed by atoms with Crippen LogP contribution < -0.4 is 24.8 Å². The molecule has 0 spiro atoms. The Morgan fingerprint density at radius 1 is 0.868 bits per heavy atom. The summed E-state index contributed by atoms with van der Waals surface area (Å²) in [5.74, 6) is 1.28. The highest BCUT2D eigenvalue weighted by atomic mass is 35.5. The predicted molar refractivity (Wildman–Crippen MR) is 148 cm³/mol. The summed E-state index contributed by atoms with van der Waals surface area (Å²) in [5, 5.41) is 5.96. The van der Waals surface area contributed by atoms with Gasteiger partial charge in [-0.15, -0.1) is 0 Å². The second-order valence-electron chi connectivity index (χ2n) is 8.15. The molecular formula is C28H29ClN4O5. The van der Waals surface area contributed by atoms with E-state index >= 15 is 0 Å². The lowest BCUT2D eigenvalue weighted by atomic mass is 10.1. The number of benzene rings is 3. The number of nitrogens with zero attached hydrogens (tertiary/aromatic N) is 1. The molecule has 2 amide bonds. The van der Waals surface area contributed by atoms with Crippen LogP contribution >= 0.6 is 11.6 Å². The maximum atomic E-state index is 13.2. The van der Waals surface area contributed by atoms with Crippen molar-refractivity contribution in [2.45, 2.75) is 20.8 Å². The first kappa shape index (κ1) is 26.8. The first-order valence-corrected chi connectivity index (χ1v) is 12.7. The van der Waals surface area contributed by atoms with Crippen molar-refractivity contribution in [3.05, 3.63) is 64.7 Å². The summed E-state index contributed by atoms with van der Waals surface area (Å²) in [4.78, 5) is 33.1. The first-order valence-electron chi connectivity index (χ1n) is 12.3. The summed E-state index contributed by atoms with van der Waals surface area (Å²) in [6.45, 7) is 6.81. The molecule has 3 aromatic carbocycles. The molecule has 0 unspecified atom stereocenters. The van der Waals surface area contributed by atoms with E-state index < -0.39 is 0 Å². The fraction of sp³-hybridized carbons (Fsp3) is 0.250. The zero-order valence-electron chi connectivity index (χ0n) is 21.6. The molecule has 0 radical (unpaired) electrons. The van der Waals surface area contributed by atoms with E-state index in [0.29, 0.717) is 81.3 Å². The van der Waals surface area contributed by atoms with E-state index in [4.69, 9.17) is 25.8 Å². The van der Waals surface area contributed by atoms with Gasteiger partial charge in [0.2, 0.25) is 5.75 Å². The van der Waals surface area contributed by atoms with Gasteiger partial charge < -0.3 is 29.8 Å². The molecule has 10 heteroatoms. The van der Waals surface area contributed by atoms with Crippen molar-refractivity contribution < 1.29 is 23.8 Å². The van der Waals surface area contributed by atoms with Gasteiger partial charge in [0.05, 0.1) is 35.9 Å². The molecule has 1 heterocycles. The van der Waals surface area contributed by atoms with Gasteiger partial charge in [-0.2, -0.15) is 0 Å². The summed E-state index contributed by atoms with van der Waals surface area (Å²) in [6.07, 6.45) is 0. The van der Waals surface area contributed by atoms with Gasteiger partial charge in [0.15, 0.2) is 11.5 Å². The third-order valence-corrected chi connectivity index (χ3v) is 5.95. The third kappa shape index (κ3) is 5.68. The van der Waals surface area contributed by atoms with E-state index in [1.165, 1.54) is 0 Å². The van der Waals surface area contributed by atoms with Gasteiger partial charge in [0.25, 0.3) is 11.8 Å². The molecule has 0 saturated carbocycles. The van der Waals surface area contributed by atoms with Gasteiger partial charge in [-0.1, -0.05) is 11.6 Å². The molecule has 38 heavy (non-hydrogen) atoms. The van der Waals surface area contributed by atoms with E-state index in [2.05, 4.69) is 20.6 Å². The number of anilines is 1. The SMILES string of the molecule is CCOc1cc(C(=O)Nc2ccc(Cl)c(-c3nc4ccc(C(=O)NC)cc4[nH]3)c2)cc(OCC)c1OCC. The van der Waals surface area contributed by atoms with Crippen LogP contribution in [0.5, 0.6) is 17.2 Å². The summed E-state index contributed by atoms with van der Waals surface area (Å²) >= 11 is 6.49. The predicted octanol–water partition coefficient (Wildman–Crippen LogP) is 5.69. The zero-order chi connectivity index (χ0) is 27.2. The van der Waals surface area contributed by atoms with Gasteiger partial charge in [-0.3, -0.25) is 9.59 Å². The smallest absolute Gasteiger partial charge is 0.255 e. The van der Waals surface area contributed by atoms with Crippen molar-refractivity contribution in [1.82, 2.24) is 15.3 Å². The Kier molecular flexibility index (Phi) is 8.38. The quantitative estimate of drug-likeness (QED) is 0.240. The van der Waals surface area contributed by atoms with Crippen LogP contribution in [-0.4, -0.2) is 48.7 Å². The highest BCUT2D eigenvalue weighted by molar-refractivity contribution is 6.33. The molecule has 1 aromatic heterocycles. The number of amides is 2. The lowest BCUT2D eigenvalue weighted by Crippen LogP contribution is -2.17. The standard InChI is InChI=1S/C28H29ClN4O5/c1-5-36-23-13-17(14-24(37-6-2)25(23)38-7-3)28(35)31-18-9-10-20(29)19(15-18)26-32-21-11-8-16(27(34)30-4)12-22(21)33-26/h8-15H,5-7H2,1-4H3,(H,30,34)(H,31,35)(H,32,33). The maximum Gasteiger partial charge on any atom is 0.255 e. The molecule has 0 aliphatic carbocycles. The fourth-order valence-electron chi connectivity index (χ4n) is 3.93. The number of hydrogen-bond donors (Lipinski definition) is 3. The normalized spacial score (nSPS) is 10.8. The molecule has 0 bridgehead atoms. The minimum absolute atomic E-state index is 0.194. The van der Waals surface area contributed by atoms with Crippen LogP contribution in [0, 0.1) is 0 Å². The molecule has 0 saturated heterocycles. The summed E-state index contributed by atoms with van der Waals surface area (Å²) < 4.78 is 17.2. The minimum atomic E-state index is -0.358. The summed E-state index contributed by atoms with van der Waals surface area (Å²) in [7, 11) is 1.58. The molecular weight excluding hydrogens is 508 g/mol. The highest BCUT2D eigenvalue weighted by Crippen LogP contribution is 2.39. The van der Waals surface area contributed by atoms with Gasteiger partial charge >= 0.3 is 0 Å². The van der Waals surface area contributed by atoms with Crippen LogP contribution in [0.25, 0.3) is 22.4 Å². The van der Waals surface area contributed by atoms with Gasteiger partial charge in [-0.25, -0.2) is 4.98 Å². The lowest BCUT2D eigenvalue weighted by molar-refractivity contribution is 0.0962. The number of carbonyl (C=O) groups is 2. The summed E-state index contributed by atoms with van der Waals surface area (Å²) in [5.41, 5.74) is 3.34. The van der Waals surface area contributed by atoms with Crippen LogP contribution in [0.2, 0.25) is 5.02 Å². The number of carbonyl (C=O) groups excluding carboxylic acids is 2. The second kappa shape index (κ2) is 11.9. The molecule has 9 nitrogen and oxygen atoms in total. The molecule has 0 aliphatic rings. The topological polar surface area (TPSA) is 115 Å². The van der Waals surface area contributed by atoms with Gasteiger partial charge in [0.1, 0.15) is 5.82 Å². The number of rotatable bonds is 10. The number of aromatic nitrogens is 2. The van der Waals surface area contributed by atoms with Crippen LogP contribution in [0.3, 0.4) is 0 Å². The molecule has 3 N–H and O–H groups in total. The largest absolute Gasteiger partial charge is 0.490 e. The van der Waals surface area contributed by atoms with Crippen LogP contribution in [0.15, 0.2) is 48.5 Å². The van der Waals surface area contributed by atoms with Crippen molar-refractivity contribution in [2.24, 2.45) is 0 Å². The second-order valence-corrected chi connectivity index (χ2v) is 8.55. The molecule has 0 atom stereocenters. The van der Waals surface area contributed by atoms with Gasteiger partial charge in [0, 0.05) is 29.4 Å². The van der Waals surface area contributed by atoms with Crippen molar-refractivity contribution >= 4 is 40.1 Å². The Labute approximate surface area is 225 Å². The molecule has 0 aliphatic heterocycles. The Balaban J connectivity index is 1.65. The Morgan fingerprint density at radius 3 is 2.18 bits per heavy atom. The number of aromatic amines is 1. The van der Waals surface area contributed by atoms with Crippen LogP contribution in [-0.2, 0) is 0 Å². The first-order chi connectivity index (χ1) is 18.4. The van der Waals surface area contributed by atoms with Gasteiger partial charge in [-0.05, 0) is 69.3 Å². The number of halogens is 1. The molecule has 4 rings (SSSR count). The summed E-state index contributed by atoms with van der Waals surface area (Å²) in [6, 6.07) is 13.6. The maximum absolute atomic E-state index is 13.2. The van der Waals surface area contributed by atoms with E-state index in [-0.39, 0.29) is 11.8 Å². The zero-order valence-corrected chi connectivity index (χ0v) is 22.4. The molecule has 198 valence electrons. The molecule has 0 fully saturated rings. The Hall–Kier alpha value is -4.24. The number of nitrogens with one attached hydrogen (secondary N) is 3. The number of hydrogen-bond acceptors (Lipinski definition) is 6. The number of ether oxygens (including phenoxy) is 3. The average molecular weight is 537 g/mol. The Bertz CT molecular complexity index is 1460. The van der Waals surface area contributed by atoms with Crippen molar-refractivity contribution in [2.75, 3.05) is 32.2 Å². The lowest BCUT2D eigenvalue weighted by Gasteiger charge is -2.17. The van der Waals surface area contributed by atoms with Crippen molar-refractivity contribution in [3.8, 4) is 28.6 Å². The van der Waals surface area contributed by atoms with Crippen molar-refractivity contribution in [1.29, 1.82) is 0 Å². The van der Waals surface area contributed by atoms with E-state index in [9.17, 15) is 9.59 Å². The van der Waals surface area contributed by atoms with Crippen LogP contribution in [0.1, 0.15) is 41.5 Å². The van der Waals surface area contributed by atoms with Crippen molar-refractivity contribution in [3.63, 3.8) is 0 Å². The monoisotopic (exact) mass is 536 g/mol. The Morgan fingerprint density at radius 2 is 1.55 bits per heavy atom. The van der Waals surface area contributed by atoms with E-state index in [0.717, 1.165) is 0 Å². The average Bonchev–Trinajstić information content (AvgIpc) is 3.34. The number of imidazole rings is 1. The minimum Gasteiger partial charge on any atom is -0.490 e. The fourth-order valence-corrected chi connectivity index (χ4v) is 4.14. The van der Waals surface area contributed by atoms with Crippen LogP contribution in [0.4, 0.5) is 5.69 Å². The van der Waals surface area contributed by atoms with E-state index in [1.807, 2.05) is 20.8 Å². The third-order valence-electron chi connectivity index (χ3n) is 5.62. The molecule has 4 aromatic rings. The number of H-pyrrole nitrogens is 1.